The first-order valence-corrected chi connectivity index (χ1v) is 6.68. The zero-order chi connectivity index (χ0) is 12.4. The molecule has 94 valence electrons. The lowest BCUT2D eigenvalue weighted by Crippen LogP contribution is -2.45. The molecule has 2 heterocycles. The normalized spacial score (nSPS) is 48.1. The molecule has 2 bridgehead atoms. The van der Waals surface area contributed by atoms with Crippen LogP contribution in [0.1, 0.15) is 47.0 Å². The SMILES string of the molecule is CC1=C[C@@]2(O)O[C@@]3(CC2=C(C)C)C(C)CCC13. The summed E-state index contributed by atoms with van der Waals surface area (Å²) in [4.78, 5) is 0. The zero-order valence-corrected chi connectivity index (χ0v) is 11.2. The highest BCUT2D eigenvalue weighted by atomic mass is 16.6. The molecular weight excluding hydrogens is 212 g/mol. The van der Waals surface area contributed by atoms with E-state index >= 15 is 0 Å². The van der Waals surface area contributed by atoms with Gasteiger partial charge in [-0.25, -0.2) is 0 Å². The van der Waals surface area contributed by atoms with Gasteiger partial charge in [0.1, 0.15) is 0 Å². The van der Waals surface area contributed by atoms with Crippen molar-refractivity contribution < 1.29 is 9.84 Å². The van der Waals surface area contributed by atoms with Gasteiger partial charge in [0.2, 0.25) is 5.79 Å². The molecule has 0 aromatic carbocycles. The molecule has 2 aliphatic heterocycles. The summed E-state index contributed by atoms with van der Waals surface area (Å²) in [5.74, 6) is -0.0629. The molecule has 1 saturated carbocycles. The molecule has 1 N–H and O–H groups in total. The van der Waals surface area contributed by atoms with Crippen LogP contribution in [0.25, 0.3) is 0 Å². The van der Waals surface area contributed by atoms with E-state index in [1.165, 1.54) is 24.0 Å². The van der Waals surface area contributed by atoms with Gasteiger partial charge in [0, 0.05) is 12.3 Å². The third-order valence-electron chi connectivity index (χ3n) is 5.12. The van der Waals surface area contributed by atoms with Crippen molar-refractivity contribution in [1.82, 2.24) is 0 Å². The Balaban J connectivity index is 2.18. The summed E-state index contributed by atoms with van der Waals surface area (Å²) < 4.78 is 6.17. The van der Waals surface area contributed by atoms with Crippen LogP contribution >= 0.6 is 0 Å². The number of hydrogen-bond donors (Lipinski definition) is 1. The fourth-order valence-electron chi connectivity index (χ4n) is 4.18. The fraction of sp³-hybridized carbons (Fsp3) is 0.733. The highest BCUT2D eigenvalue weighted by Crippen LogP contribution is 2.60. The standard InChI is InChI=1S/C15H22O2/c1-9(2)13-8-14-11(4)5-6-12(14)10(3)7-15(13,16)17-14/h7,11-12,16H,5-6,8H2,1-4H3/t11?,12?,14-,15+/m0/s1. The van der Waals surface area contributed by atoms with E-state index in [2.05, 4.69) is 27.7 Å². The van der Waals surface area contributed by atoms with Crippen molar-refractivity contribution in [3.8, 4) is 0 Å². The van der Waals surface area contributed by atoms with Crippen LogP contribution in [0.2, 0.25) is 0 Å². The Kier molecular flexibility index (Phi) is 2.19. The van der Waals surface area contributed by atoms with E-state index in [0.717, 1.165) is 12.0 Å². The lowest BCUT2D eigenvalue weighted by Gasteiger charge is -2.40. The first kappa shape index (κ1) is 11.5. The van der Waals surface area contributed by atoms with Crippen LogP contribution in [0.15, 0.2) is 22.8 Å². The first-order chi connectivity index (χ1) is 7.89. The third-order valence-corrected chi connectivity index (χ3v) is 5.12. The van der Waals surface area contributed by atoms with Crippen molar-refractivity contribution in [3.05, 3.63) is 22.8 Å². The van der Waals surface area contributed by atoms with Gasteiger partial charge in [-0.3, -0.25) is 0 Å². The average molecular weight is 234 g/mol. The lowest BCUT2D eigenvalue weighted by atomic mass is 9.79. The number of rotatable bonds is 0. The minimum Gasteiger partial charge on any atom is -0.359 e. The smallest absolute Gasteiger partial charge is 0.209 e. The number of allylic oxidation sites excluding steroid dienone is 1. The summed E-state index contributed by atoms with van der Waals surface area (Å²) in [7, 11) is 0. The molecule has 3 rings (SSSR count). The Morgan fingerprint density at radius 1 is 1.41 bits per heavy atom. The van der Waals surface area contributed by atoms with Crippen LogP contribution in [-0.2, 0) is 4.74 Å². The summed E-state index contributed by atoms with van der Waals surface area (Å²) in [5, 5.41) is 10.7. The number of hydrogen-bond acceptors (Lipinski definition) is 2. The molecule has 2 fully saturated rings. The zero-order valence-electron chi connectivity index (χ0n) is 11.2. The van der Waals surface area contributed by atoms with Crippen molar-refractivity contribution in [2.24, 2.45) is 11.8 Å². The molecule has 1 aliphatic carbocycles. The Morgan fingerprint density at radius 2 is 2.12 bits per heavy atom. The van der Waals surface area contributed by atoms with Crippen molar-refractivity contribution in [1.29, 1.82) is 0 Å². The van der Waals surface area contributed by atoms with Gasteiger partial charge in [0.05, 0.1) is 5.60 Å². The Morgan fingerprint density at radius 3 is 2.76 bits per heavy atom. The van der Waals surface area contributed by atoms with E-state index in [4.69, 9.17) is 4.74 Å². The van der Waals surface area contributed by atoms with Crippen LogP contribution in [0.3, 0.4) is 0 Å². The van der Waals surface area contributed by atoms with Gasteiger partial charge in [0.15, 0.2) is 0 Å². The monoisotopic (exact) mass is 234 g/mol. The van der Waals surface area contributed by atoms with Gasteiger partial charge in [-0.15, -0.1) is 0 Å². The average Bonchev–Trinajstić information content (AvgIpc) is 2.65. The molecule has 1 saturated heterocycles. The minimum atomic E-state index is -1.11. The molecule has 0 aromatic heterocycles. The molecule has 4 atom stereocenters. The fourth-order valence-corrected chi connectivity index (χ4v) is 4.18. The second-order valence-electron chi connectivity index (χ2n) is 6.33. The van der Waals surface area contributed by atoms with Gasteiger partial charge in [-0.1, -0.05) is 18.1 Å². The predicted molar refractivity (Wildman–Crippen MR) is 67.4 cm³/mol. The van der Waals surface area contributed by atoms with E-state index in [1.807, 2.05) is 6.08 Å². The van der Waals surface area contributed by atoms with Gasteiger partial charge in [-0.2, -0.15) is 0 Å². The maximum absolute atomic E-state index is 10.7. The highest BCUT2D eigenvalue weighted by molar-refractivity contribution is 5.40. The van der Waals surface area contributed by atoms with Crippen LogP contribution in [0, 0.1) is 11.8 Å². The van der Waals surface area contributed by atoms with Crippen molar-refractivity contribution in [2.75, 3.05) is 0 Å². The van der Waals surface area contributed by atoms with Crippen LogP contribution in [-0.4, -0.2) is 16.5 Å². The molecular formula is C15H22O2. The highest BCUT2D eigenvalue weighted by Gasteiger charge is 2.62. The molecule has 2 unspecified atom stereocenters. The lowest BCUT2D eigenvalue weighted by molar-refractivity contribution is -0.209. The third kappa shape index (κ3) is 1.28. The van der Waals surface area contributed by atoms with Crippen molar-refractivity contribution >= 4 is 0 Å². The Labute approximate surface area is 103 Å². The number of aliphatic hydroxyl groups is 1. The summed E-state index contributed by atoms with van der Waals surface area (Å²) in [6, 6.07) is 0. The summed E-state index contributed by atoms with van der Waals surface area (Å²) in [5.41, 5.74) is 3.49. The number of fused-ring (bicyclic) bond motifs is 1. The van der Waals surface area contributed by atoms with Crippen LogP contribution in [0.5, 0.6) is 0 Å². The molecule has 0 aromatic rings. The number of ether oxygens (including phenoxy) is 1. The van der Waals surface area contributed by atoms with Gasteiger partial charge in [-0.05, 0) is 51.2 Å². The molecule has 17 heavy (non-hydrogen) atoms. The largest absolute Gasteiger partial charge is 0.359 e. The van der Waals surface area contributed by atoms with E-state index in [-0.39, 0.29) is 5.60 Å². The van der Waals surface area contributed by atoms with E-state index < -0.39 is 5.79 Å². The van der Waals surface area contributed by atoms with Gasteiger partial charge in [0.25, 0.3) is 0 Å². The van der Waals surface area contributed by atoms with E-state index in [0.29, 0.717) is 11.8 Å². The van der Waals surface area contributed by atoms with Crippen molar-refractivity contribution in [3.63, 3.8) is 0 Å². The van der Waals surface area contributed by atoms with Gasteiger partial charge >= 0.3 is 0 Å². The molecule has 0 amide bonds. The topological polar surface area (TPSA) is 29.5 Å². The molecule has 2 nitrogen and oxygen atoms in total. The second kappa shape index (κ2) is 3.24. The summed E-state index contributed by atoms with van der Waals surface area (Å²) in [6.45, 7) is 8.57. The van der Waals surface area contributed by atoms with Crippen LogP contribution in [0.4, 0.5) is 0 Å². The van der Waals surface area contributed by atoms with Crippen LogP contribution < -0.4 is 0 Å². The molecule has 0 radical (unpaired) electrons. The van der Waals surface area contributed by atoms with Gasteiger partial charge < -0.3 is 9.84 Å². The summed E-state index contributed by atoms with van der Waals surface area (Å²) >= 11 is 0. The quantitative estimate of drug-likeness (QED) is 0.652. The molecule has 3 aliphatic rings. The molecule has 2 heteroatoms. The second-order valence-corrected chi connectivity index (χ2v) is 6.33. The minimum absolute atomic E-state index is 0.125. The Bertz CT molecular complexity index is 430. The maximum atomic E-state index is 10.7. The summed E-state index contributed by atoms with van der Waals surface area (Å²) in [6.07, 6.45) is 5.27. The Hall–Kier alpha value is -0.600. The maximum Gasteiger partial charge on any atom is 0.209 e. The van der Waals surface area contributed by atoms with E-state index in [9.17, 15) is 5.11 Å². The predicted octanol–water partition coefficient (Wildman–Crippen LogP) is 3.18. The van der Waals surface area contributed by atoms with Crippen molar-refractivity contribution in [2.45, 2.75) is 58.3 Å². The molecule has 1 spiro atoms. The first-order valence-electron chi connectivity index (χ1n) is 6.68. The van der Waals surface area contributed by atoms with E-state index in [1.54, 1.807) is 0 Å².